The molecule has 1 aromatic heterocycles. The molecule has 1 aliphatic carbocycles. The Balaban J connectivity index is 1.99. The zero-order valence-electron chi connectivity index (χ0n) is 11.5. The Morgan fingerprint density at radius 3 is 2.89 bits per heavy atom. The molecule has 0 aliphatic heterocycles. The first kappa shape index (κ1) is 13.6. The van der Waals surface area contributed by atoms with Crippen LogP contribution >= 0.6 is 0 Å². The number of H-pyrrole nitrogens is 1. The Morgan fingerprint density at radius 2 is 2.22 bits per heavy atom. The predicted octanol–water partition coefficient (Wildman–Crippen LogP) is 2.79. The highest BCUT2D eigenvalue weighted by molar-refractivity contribution is 5.05. The van der Waals surface area contributed by atoms with Crippen molar-refractivity contribution in [2.45, 2.75) is 51.7 Å². The van der Waals surface area contributed by atoms with Crippen LogP contribution in [0.25, 0.3) is 0 Å². The third-order valence-electron chi connectivity index (χ3n) is 3.81. The minimum atomic E-state index is 0.140. The number of aromatic amines is 1. The number of rotatable bonds is 6. The molecule has 1 aromatic rings. The van der Waals surface area contributed by atoms with Crippen molar-refractivity contribution >= 4 is 0 Å². The third kappa shape index (κ3) is 3.33. The van der Waals surface area contributed by atoms with E-state index in [1.165, 1.54) is 32.1 Å². The van der Waals surface area contributed by atoms with Gasteiger partial charge in [0, 0.05) is 25.5 Å². The zero-order valence-corrected chi connectivity index (χ0v) is 11.5. The van der Waals surface area contributed by atoms with E-state index in [9.17, 15) is 0 Å². The molecule has 4 nitrogen and oxygen atoms in total. The first-order valence-electron chi connectivity index (χ1n) is 7.12. The van der Waals surface area contributed by atoms with Gasteiger partial charge in [0.2, 0.25) is 0 Å². The topological polar surface area (TPSA) is 49.9 Å². The summed E-state index contributed by atoms with van der Waals surface area (Å²) in [5.41, 5.74) is 1.14. The number of nitrogens with one attached hydrogen (secondary N) is 2. The van der Waals surface area contributed by atoms with Crippen LogP contribution in [0.15, 0.2) is 6.20 Å². The Bertz CT molecular complexity index is 345. The van der Waals surface area contributed by atoms with Crippen LogP contribution in [-0.4, -0.2) is 23.6 Å². The lowest BCUT2D eigenvalue weighted by molar-refractivity contribution is 0.0294. The molecular formula is C14H25N3O. The van der Waals surface area contributed by atoms with E-state index < -0.39 is 0 Å². The molecular weight excluding hydrogens is 226 g/mol. The summed E-state index contributed by atoms with van der Waals surface area (Å²) in [6.45, 7) is 3.94. The maximum Gasteiger partial charge on any atom is 0.135 e. The van der Waals surface area contributed by atoms with Crippen LogP contribution in [0.5, 0.6) is 0 Å². The number of nitrogens with zero attached hydrogens (tertiary/aromatic N) is 1. The second-order valence-electron chi connectivity index (χ2n) is 5.13. The molecule has 1 aliphatic rings. The lowest BCUT2D eigenvalue weighted by Crippen LogP contribution is -2.19. The summed E-state index contributed by atoms with van der Waals surface area (Å²) in [5.74, 6) is 1.62. The first-order chi connectivity index (χ1) is 8.85. The number of methoxy groups -OCH3 is 1. The molecule has 0 spiro atoms. The molecule has 4 heteroatoms. The molecule has 1 heterocycles. The zero-order chi connectivity index (χ0) is 12.8. The Kier molecular flexibility index (Phi) is 5.20. The molecule has 1 atom stereocenters. The van der Waals surface area contributed by atoms with Crippen LogP contribution in [0, 0.1) is 5.92 Å². The van der Waals surface area contributed by atoms with Crippen molar-refractivity contribution in [2.24, 2.45) is 5.92 Å². The van der Waals surface area contributed by atoms with Crippen LogP contribution < -0.4 is 5.32 Å². The van der Waals surface area contributed by atoms with Crippen LogP contribution in [0.4, 0.5) is 0 Å². The standard InChI is InChI=1S/C14H25N3O/c1-3-15-9-12-10-16-14(17-12)13(18-2)11-7-5-4-6-8-11/h10-11,13,15H,3-9H2,1-2H3,(H,16,17). The smallest absolute Gasteiger partial charge is 0.135 e. The normalized spacial score (nSPS) is 19.0. The van der Waals surface area contributed by atoms with Gasteiger partial charge in [-0.25, -0.2) is 4.98 Å². The van der Waals surface area contributed by atoms with Gasteiger partial charge in [-0.1, -0.05) is 26.2 Å². The molecule has 1 fully saturated rings. The van der Waals surface area contributed by atoms with Gasteiger partial charge in [0.25, 0.3) is 0 Å². The summed E-state index contributed by atoms with van der Waals surface area (Å²) in [7, 11) is 1.80. The quantitative estimate of drug-likeness (QED) is 0.817. The van der Waals surface area contributed by atoms with Crippen molar-refractivity contribution in [2.75, 3.05) is 13.7 Å². The van der Waals surface area contributed by atoms with Gasteiger partial charge in [0.05, 0.1) is 0 Å². The maximum atomic E-state index is 5.68. The van der Waals surface area contributed by atoms with Gasteiger partial charge in [-0.05, 0) is 25.3 Å². The monoisotopic (exact) mass is 251 g/mol. The fourth-order valence-electron chi connectivity index (χ4n) is 2.83. The average molecular weight is 251 g/mol. The number of ether oxygens (including phenoxy) is 1. The van der Waals surface area contributed by atoms with Gasteiger partial charge in [-0.2, -0.15) is 0 Å². The molecule has 0 aromatic carbocycles. The number of hydrogen-bond acceptors (Lipinski definition) is 3. The van der Waals surface area contributed by atoms with E-state index >= 15 is 0 Å². The lowest BCUT2D eigenvalue weighted by Gasteiger charge is -2.27. The van der Waals surface area contributed by atoms with Crippen molar-refractivity contribution in [3.8, 4) is 0 Å². The summed E-state index contributed by atoms with van der Waals surface area (Å²) in [6.07, 6.45) is 8.62. The highest BCUT2D eigenvalue weighted by Gasteiger charge is 2.26. The fraction of sp³-hybridized carbons (Fsp3) is 0.786. The molecule has 102 valence electrons. The largest absolute Gasteiger partial charge is 0.373 e. The predicted molar refractivity (Wildman–Crippen MR) is 72.3 cm³/mol. The van der Waals surface area contributed by atoms with Crippen LogP contribution in [-0.2, 0) is 11.3 Å². The molecule has 18 heavy (non-hydrogen) atoms. The van der Waals surface area contributed by atoms with Gasteiger partial charge >= 0.3 is 0 Å². The summed E-state index contributed by atoms with van der Waals surface area (Å²) < 4.78 is 5.68. The second-order valence-corrected chi connectivity index (χ2v) is 5.13. The molecule has 0 bridgehead atoms. The number of hydrogen-bond donors (Lipinski definition) is 2. The van der Waals surface area contributed by atoms with E-state index in [4.69, 9.17) is 4.74 Å². The van der Waals surface area contributed by atoms with Crippen LogP contribution in [0.2, 0.25) is 0 Å². The van der Waals surface area contributed by atoms with E-state index in [-0.39, 0.29) is 6.10 Å². The minimum absolute atomic E-state index is 0.140. The summed E-state index contributed by atoms with van der Waals surface area (Å²) in [4.78, 5) is 7.89. The third-order valence-corrected chi connectivity index (χ3v) is 3.81. The second kappa shape index (κ2) is 6.90. The van der Waals surface area contributed by atoms with E-state index in [2.05, 4.69) is 22.2 Å². The summed E-state index contributed by atoms with van der Waals surface area (Å²) >= 11 is 0. The summed E-state index contributed by atoms with van der Waals surface area (Å²) in [5, 5.41) is 3.30. The van der Waals surface area contributed by atoms with Gasteiger partial charge in [0.1, 0.15) is 11.9 Å². The summed E-state index contributed by atoms with van der Waals surface area (Å²) in [6, 6.07) is 0. The van der Waals surface area contributed by atoms with E-state index in [0.717, 1.165) is 24.6 Å². The molecule has 0 radical (unpaired) electrons. The molecule has 0 amide bonds. The SMILES string of the molecule is CCNCc1cnc(C(OC)C2CCCCC2)[nH]1. The van der Waals surface area contributed by atoms with Crippen molar-refractivity contribution in [3.63, 3.8) is 0 Å². The highest BCUT2D eigenvalue weighted by atomic mass is 16.5. The molecule has 1 unspecified atom stereocenters. The van der Waals surface area contributed by atoms with E-state index in [0.29, 0.717) is 5.92 Å². The van der Waals surface area contributed by atoms with Gasteiger partial charge in [0.15, 0.2) is 0 Å². The Labute approximate surface area is 110 Å². The van der Waals surface area contributed by atoms with Gasteiger partial charge in [-0.15, -0.1) is 0 Å². The minimum Gasteiger partial charge on any atom is -0.373 e. The number of imidazole rings is 1. The number of aromatic nitrogens is 2. The van der Waals surface area contributed by atoms with E-state index in [1.54, 1.807) is 7.11 Å². The van der Waals surface area contributed by atoms with Crippen LogP contribution in [0.1, 0.15) is 56.7 Å². The highest BCUT2D eigenvalue weighted by Crippen LogP contribution is 2.35. The average Bonchev–Trinajstić information content (AvgIpc) is 2.87. The molecule has 2 rings (SSSR count). The van der Waals surface area contributed by atoms with Crippen LogP contribution in [0.3, 0.4) is 0 Å². The molecule has 1 saturated carbocycles. The van der Waals surface area contributed by atoms with Crippen molar-refractivity contribution in [3.05, 3.63) is 17.7 Å². The fourth-order valence-corrected chi connectivity index (χ4v) is 2.83. The Hall–Kier alpha value is -0.870. The lowest BCUT2D eigenvalue weighted by atomic mass is 9.85. The van der Waals surface area contributed by atoms with Crippen molar-refractivity contribution in [1.82, 2.24) is 15.3 Å². The van der Waals surface area contributed by atoms with Crippen molar-refractivity contribution in [1.29, 1.82) is 0 Å². The maximum absolute atomic E-state index is 5.68. The van der Waals surface area contributed by atoms with Crippen molar-refractivity contribution < 1.29 is 4.74 Å². The van der Waals surface area contributed by atoms with Gasteiger partial charge in [-0.3, -0.25) is 0 Å². The Morgan fingerprint density at radius 1 is 1.44 bits per heavy atom. The van der Waals surface area contributed by atoms with Gasteiger partial charge < -0.3 is 15.0 Å². The van der Waals surface area contributed by atoms with E-state index in [1.807, 2.05) is 6.20 Å². The molecule has 0 saturated heterocycles. The molecule has 2 N–H and O–H groups in total. The first-order valence-corrected chi connectivity index (χ1v) is 7.12.